The lowest BCUT2D eigenvalue weighted by molar-refractivity contribution is -0.116. The van der Waals surface area contributed by atoms with E-state index in [1.54, 1.807) is 18.3 Å². The molecule has 104 valence electrons. The van der Waals surface area contributed by atoms with Crippen LogP contribution in [0, 0.1) is 0 Å². The average Bonchev–Trinajstić information content (AvgIpc) is 2.49. The van der Waals surface area contributed by atoms with Gasteiger partial charge in [-0.3, -0.25) is 4.79 Å². The van der Waals surface area contributed by atoms with Gasteiger partial charge in [0.2, 0.25) is 5.91 Å². The van der Waals surface area contributed by atoms with E-state index >= 15 is 0 Å². The Labute approximate surface area is 117 Å². The molecule has 0 aliphatic carbocycles. The van der Waals surface area contributed by atoms with Gasteiger partial charge in [0.1, 0.15) is 11.6 Å². The SMILES string of the molecule is O=C(CCOc1ccccc1)Nc1ncccc1CO. The van der Waals surface area contributed by atoms with Crippen LogP contribution in [0.2, 0.25) is 0 Å². The summed E-state index contributed by atoms with van der Waals surface area (Å²) in [5.41, 5.74) is 0.588. The van der Waals surface area contributed by atoms with Gasteiger partial charge in [0.05, 0.1) is 19.6 Å². The average molecular weight is 272 g/mol. The number of aliphatic hydroxyl groups is 1. The molecule has 0 unspecified atom stereocenters. The first-order chi connectivity index (χ1) is 9.79. The van der Waals surface area contributed by atoms with Crippen molar-refractivity contribution in [1.29, 1.82) is 0 Å². The summed E-state index contributed by atoms with van der Waals surface area (Å²) < 4.78 is 5.44. The zero-order chi connectivity index (χ0) is 14.2. The van der Waals surface area contributed by atoms with Gasteiger partial charge >= 0.3 is 0 Å². The summed E-state index contributed by atoms with van der Waals surface area (Å²) in [5, 5.41) is 11.8. The summed E-state index contributed by atoms with van der Waals surface area (Å²) in [5.74, 6) is 0.920. The van der Waals surface area contributed by atoms with Crippen molar-refractivity contribution in [2.24, 2.45) is 0 Å². The predicted molar refractivity (Wildman–Crippen MR) is 75.3 cm³/mol. The number of benzene rings is 1. The third kappa shape index (κ3) is 4.07. The highest BCUT2D eigenvalue weighted by Crippen LogP contribution is 2.12. The van der Waals surface area contributed by atoms with Gasteiger partial charge in [0, 0.05) is 11.8 Å². The topological polar surface area (TPSA) is 71.5 Å². The number of rotatable bonds is 6. The minimum absolute atomic E-state index is 0.163. The van der Waals surface area contributed by atoms with Gasteiger partial charge in [0.15, 0.2) is 0 Å². The lowest BCUT2D eigenvalue weighted by Crippen LogP contribution is -2.17. The number of pyridine rings is 1. The number of para-hydroxylation sites is 1. The van der Waals surface area contributed by atoms with Crippen LogP contribution in [0.25, 0.3) is 0 Å². The van der Waals surface area contributed by atoms with E-state index in [1.807, 2.05) is 30.3 Å². The molecule has 0 aliphatic heterocycles. The van der Waals surface area contributed by atoms with E-state index in [0.29, 0.717) is 11.4 Å². The third-order valence-electron chi connectivity index (χ3n) is 2.66. The quantitative estimate of drug-likeness (QED) is 0.843. The fourth-order valence-corrected chi connectivity index (χ4v) is 1.65. The van der Waals surface area contributed by atoms with Gasteiger partial charge in [0.25, 0.3) is 0 Å². The Bertz CT molecular complexity index is 558. The Balaban J connectivity index is 1.81. The number of nitrogens with zero attached hydrogens (tertiary/aromatic N) is 1. The number of hydrogen-bond donors (Lipinski definition) is 2. The van der Waals surface area contributed by atoms with Crippen LogP contribution in [0.3, 0.4) is 0 Å². The molecule has 0 fully saturated rings. The van der Waals surface area contributed by atoms with Crippen molar-refractivity contribution in [1.82, 2.24) is 4.98 Å². The monoisotopic (exact) mass is 272 g/mol. The summed E-state index contributed by atoms with van der Waals surface area (Å²) >= 11 is 0. The highest BCUT2D eigenvalue weighted by atomic mass is 16.5. The number of anilines is 1. The van der Waals surface area contributed by atoms with Gasteiger partial charge in [-0.25, -0.2) is 4.98 Å². The van der Waals surface area contributed by atoms with Crippen molar-refractivity contribution in [2.45, 2.75) is 13.0 Å². The first kappa shape index (κ1) is 14.0. The molecule has 2 rings (SSSR count). The second-order valence-corrected chi connectivity index (χ2v) is 4.13. The largest absolute Gasteiger partial charge is 0.493 e. The predicted octanol–water partition coefficient (Wildman–Crippen LogP) is 1.98. The summed E-state index contributed by atoms with van der Waals surface area (Å²) in [6.07, 6.45) is 1.78. The van der Waals surface area contributed by atoms with Crippen LogP contribution >= 0.6 is 0 Å². The molecule has 2 aromatic rings. The zero-order valence-corrected chi connectivity index (χ0v) is 11.0. The third-order valence-corrected chi connectivity index (χ3v) is 2.66. The Morgan fingerprint density at radius 3 is 2.75 bits per heavy atom. The van der Waals surface area contributed by atoms with E-state index in [1.165, 1.54) is 0 Å². The van der Waals surface area contributed by atoms with Crippen LogP contribution in [-0.4, -0.2) is 22.6 Å². The molecular weight excluding hydrogens is 256 g/mol. The molecule has 1 aromatic carbocycles. The van der Waals surface area contributed by atoms with E-state index in [4.69, 9.17) is 9.84 Å². The van der Waals surface area contributed by atoms with Gasteiger partial charge in [-0.05, 0) is 18.2 Å². The summed E-state index contributed by atoms with van der Waals surface area (Å²) in [6.45, 7) is 0.126. The number of carbonyl (C=O) groups excluding carboxylic acids is 1. The van der Waals surface area contributed by atoms with E-state index in [0.717, 1.165) is 5.75 Å². The number of hydrogen-bond acceptors (Lipinski definition) is 4. The molecule has 0 atom stereocenters. The van der Waals surface area contributed by atoms with E-state index in [-0.39, 0.29) is 25.5 Å². The Hall–Kier alpha value is -2.40. The second kappa shape index (κ2) is 7.25. The molecular formula is C15H16N2O3. The first-order valence-corrected chi connectivity index (χ1v) is 6.32. The molecule has 1 heterocycles. The molecule has 0 bridgehead atoms. The second-order valence-electron chi connectivity index (χ2n) is 4.13. The molecule has 0 spiro atoms. The van der Waals surface area contributed by atoms with Gasteiger partial charge in [-0.15, -0.1) is 0 Å². The molecule has 0 aliphatic rings. The number of aromatic nitrogens is 1. The summed E-state index contributed by atoms with van der Waals surface area (Å²) in [6, 6.07) is 12.7. The van der Waals surface area contributed by atoms with E-state index < -0.39 is 0 Å². The lowest BCUT2D eigenvalue weighted by atomic mass is 10.2. The lowest BCUT2D eigenvalue weighted by Gasteiger charge is -2.09. The maximum atomic E-state index is 11.8. The van der Waals surface area contributed by atoms with Crippen LogP contribution in [0.4, 0.5) is 5.82 Å². The molecule has 2 N–H and O–H groups in total. The minimum Gasteiger partial charge on any atom is -0.493 e. The number of ether oxygens (including phenoxy) is 1. The minimum atomic E-state index is -0.200. The van der Waals surface area contributed by atoms with Gasteiger partial charge < -0.3 is 15.2 Å². The fourth-order valence-electron chi connectivity index (χ4n) is 1.65. The van der Waals surface area contributed by atoms with E-state index in [9.17, 15) is 4.79 Å². The molecule has 0 radical (unpaired) electrons. The fraction of sp³-hybridized carbons (Fsp3) is 0.200. The summed E-state index contributed by atoms with van der Waals surface area (Å²) in [4.78, 5) is 15.8. The van der Waals surface area contributed by atoms with E-state index in [2.05, 4.69) is 10.3 Å². The number of aliphatic hydroxyl groups excluding tert-OH is 1. The zero-order valence-electron chi connectivity index (χ0n) is 11.0. The number of amides is 1. The van der Waals surface area contributed by atoms with Gasteiger partial charge in [-0.1, -0.05) is 24.3 Å². The first-order valence-electron chi connectivity index (χ1n) is 6.32. The molecule has 5 nitrogen and oxygen atoms in total. The molecule has 0 saturated heterocycles. The Morgan fingerprint density at radius 2 is 2.00 bits per heavy atom. The smallest absolute Gasteiger partial charge is 0.228 e. The normalized spacial score (nSPS) is 10.1. The highest BCUT2D eigenvalue weighted by Gasteiger charge is 2.07. The van der Waals surface area contributed by atoms with Crippen molar-refractivity contribution in [3.8, 4) is 5.75 Å². The van der Waals surface area contributed by atoms with Crippen molar-refractivity contribution in [2.75, 3.05) is 11.9 Å². The Morgan fingerprint density at radius 1 is 1.20 bits per heavy atom. The van der Waals surface area contributed by atoms with Crippen molar-refractivity contribution in [3.05, 3.63) is 54.2 Å². The van der Waals surface area contributed by atoms with Crippen LogP contribution in [0.1, 0.15) is 12.0 Å². The molecule has 0 saturated carbocycles. The molecule has 20 heavy (non-hydrogen) atoms. The maximum absolute atomic E-state index is 11.8. The molecule has 1 aromatic heterocycles. The van der Waals surface area contributed by atoms with Crippen LogP contribution in [-0.2, 0) is 11.4 Å². The molecule has 5 heteroatoms. The number of nitrogens with one attached hydrogen (secondary N) is 1. The van der Waals surface area contributed by atoms with Crippen molar-refractivity contribution >= 4 is 11.7 Å². The molecule has 1 amide bonds. The summed E-state index contributed by atoms with van der Waals surface area (Å²) in [7, 11) is 0. The highest BCUT2D eigenvalue weighted by molar-refractivity contribution is 5.90. The van der Waals surface area contributed by atoms with Crippen molar-refractivity contribution in [3.63, 3.8) is 0 Å². The number of carbonyl (C=O) groups is 1. The van der Waals surface area contributed by atoms with Gasteiger partial charge in [-0.2, -0.15) is 0 Å². The van der Waals surface area contributed by atoms with Crippen LogP contribution in [0.15, 0.2) is 48.7 Å². The van der Waals surface area contributed by atoms with Crippen molar-refractivity contribution < 1.29 is 14.6 Å². The Kier molecular flexibility index (Phi) is 5.08. The standard InChI is InChI=1S/C15H16N2O3/c18-11-12-5-4-9-16-15(12)17-14(19)8-10-20-13-6-2-1-3-7-13/h1-7,9,18H,8,10-11H2,(H,16,17,19). The van der Waals surface area contributed by atoms with Crippen LogP contribution in [0.5, 0.6) is 5.75 Å². The van der Waals surface area contributed by atoms with Crippen LogP contribution < -0.4 is 10.1 Å². The maximum Gasteiger partial charge on any atom is 0.228 e.